The number of aliphatic hydroxyl groups is 5. The maximum atomic E-state index is 13.3. The quantitative estimate of drug-likeness (QED) is 0.0482. The van der Waals surface area contributed by atoms with Crippen molar-refractivity contribution in [2.45, 2.75) is 144 Å². The van der Waals surface area contributed by atoms with E-state index in [0.717, 1.165) is 6.92 Å². The number of ether oxygens (including phenoxy) is 4. The fourth-order valence-corrected chi connectivity index (χ4v) is 5.87. The van der Waals surface area contributed by atoms with Crippen LogP contribution in [0.1, 0.15) is 52.9 Å². The summed E-state index contributed by atoms with van der Waals surface area (Å²) in [6, 6.07) is -8.70. The van der Waals surface area contributed by atoms with Crippen LogP contribution < -0.4 is 32.7 Å². The van der Waals surface area contributed by atoms with Gasteiger partial charge in [-0.05, 0) is 39.5 Å². The molecule has 2 aliphatic heterocycles. The molecular weight excluding hydrogens is 772 g/mol. The standard InChI is InChI=1S/C32H54N6O19/c1-11(26(45)38-16(30(51)52)7-8-19(42)37-15(29(49)50)6-4-5-14(33)28(47)48)35-27(46)12(2)54-25-21(36-13(3)41)31(53)55-18(10-40)24(25)57-32-20(34)23(44)22(43)17(9-39)56-32/h11-12,14-18,20-25,31-32,39-40,43-44,53H,4-10,33-34H2,1-3H3,(H,35,46)(H,36,41)(H,37,42)(H,38,45)(H,47,48)(H,49,50)(H,51,52). The first kappa shape index (κ1) is 49.0. The minimum Gasteiger partial charge on any atom is -0.480 e. The second kappa shape index (κ2) is 22.7. The highest BCUT2D eigenvalue weighted by Crippen LogP contribution is 2.30. The smallest absolute Gasteiger partial charge is 0.326 e. The summed E-state index contributed by atoms with van der Waals surface area (Å²) in [6.45, 7) is 1.87. The Balaban J connectivity index is 2.12. The molecule has 4 amide bonds. The first-order valence-electron chi connectivity index (χ1n) is 17.9. The van der Waals surface area contributed by atoms with Gasteiger partial charge in [0.25, 0.3) is 0 Å². The predicted molar refractivity (Wildman–Crippen MR) is 186 cm³/mol. The Bertz CT molecular complexity index is 1410. The summed E-state index contributed by atoms with van der Waals surface area (Å²) in [5.41, 5.74) is 11.4. The molecule has 2 rings (SSSR count). The third-order valence-corrected chi connectivity index (χ3v) is 9.15. The summed E-state index contributed by atoms with van der Waals surface area (Å²) >= 11 is 0. The first-order chi connectivity index (χ1) is 26.6. The van der Waals surface area contributed by atoms with E-state index < -0.39 is 159 Å². The summed E-state index contributed by atoms with van der Waals surface area (Å²) < 4.78 is 22.7. The number of hydrogen-bond acceptors (Lipinski definition) is 18. The Kier molecular flexibility index (Phi) is 19.5. The molecule has 2 saturated heterocycles. The van der Waals surface area contributed by atoms with Crippen molar-refractivity contribution >= 4 is 41.5 Å². The van der Waals surface area contributed by atoms with E-state index in [0.29, 0.717) is 0 Å². The second-order valence-corrected chi connectivity index (χ2v) is 13.6. The predicted octanol–water partition coefficient (Wildman–Crippen LogP) is -6.87. The lowest BCUT2D eigenvalue weighted by Crippen LogP contribution is -2.69. The van der Waals surface area contributed by atoms with Gasteiger partial charge in [0.05, 0.1) is 19.3 Å². The van der Waals surface area contributed by atoms with E-state index in [1.807, 2.05) is 0 Å². The zero-order valence-electron chi connectivity index (χ0n) is 31.3. The molecule has 0 radical (unpaired) electrons. The molecule has 2 heterocycles. The molecule has 0 aromatic carbocycles. The average molecular weight is 827 g/mol. The van der Waals surface area contributed by atoms with Crippen LogP contribution in [-0.4, -0.2) is 187 Å². The lowest BCUT2D eigenvalue weighted by atomic mass is 9.94. The number of carboxylic acid groups (broad SMARTS) is 3. The minimum atomic E-state index is -1.85. The van der Waals surface area contributed by atoms with Gasteiger partial charge in [-0.3, -0.25) is 24.0 Å². The fraction of sp³-hybridized carbons (Fsp3) is 0.781. The van der Waals surface area contributed by atoms with Gasteiger partial charge in [-0.15, -0.1) is 0 Å². The molecule has 326 valence electrons. The summed E-state index contributed by atoms with van der Waals surface area (Å²) in [4.78, 5) is 85.1. The summed E-state index contributed by atoms with van der Waals surface area (Å²) in [7, 11) is 0. The van der Waals surface area contributed by atoms with Crippen LogP contribution in [0, 0.1) is 0 Å². The molecular formula is C32H54N6O19. The van der Waals surface area contributed by atoms with E-state index in [1.54, 1.807) is 0 Å². The first-order valence-corrected chi connectivity index (χ1v) is 17.9. The van der Waals surface area contributed by atoms with E-state index in [9.17, 15) is 69.3 Å². The van der Waals surface area contributed by atoms with E-state index in [1.165, 1.54) is 13.8 Å². The van der Waals surface area contributed by atoms with Crippen molar-refractivity contribution in [3.05, 3.63) is 0 Å². The van der Waals surface area contributed by atoms with E-state index in [2.05, 4.69) is 21.3 Å². The Morgan fingerprint density at radius 3 is 1.89 bits per heavy atom. The monoisotopic (exact) mass is 826 g/mol. The lowest BCUT2D eigenvalue weighted by Gasteiger charge is -2.48. The number of hydrogen-bond donors (Lipinski definition) is 14. The van der Waals surface area contributed by atoms with Gasteiger partial charge in [0.1, 0.15) is 72.9 Å². The number of nitrogens with two attached hydrogens (primary N) is 2. The average Bonchev–Trinajstić information content (AvgIpc) is 3.14. The number of aliphatic carboxylic acids is 3. The molecule has 0 spiro atoms. The molecule has 16 N–H and O–H groups in total. The normalized spacial score (nSPS) is 30.1. The Labute approximate surface area is 325 Å². The number of carbonyl (C=O) groups excluding carboxylic acids is 4. The number of nitrogens with one attached hydrogen (secondary N) is 4. The molecule has 0 aromatic rings. The Hall–Kier alpha value is -4.15. The summed E-state index contributed by atoms with van der Waals surface area (Å²) in [5.74, 6) is -7.86. The highest BCUT2D eigenvalue weighted by molar-refractivity contribution is 5.91. The molecule has 0 aromatic heterocycles. The van der Waals surface area contributed by atoms with Gasteiger partial charge in [-0.2, -0.15) is 0 Å². The van der Waals surface area contributed by atoms with Crippen LogP contribution in [0.5, 0.6) is 0 Å². The van der Waals surface area contributed by atoms with Crippen molar-refractivity contribution in [1.29, 1.82) is 0 Å². The summed E-state index contributed by atoms with van der Waals surface area (Å²) in [5, 5.41) is 88.0. The van der Waals surface area contributed by atoms with Crippen LogP contribution in [0.4, 0.5) is 0 Å². The van der Waals surface area contributed by atoms with Gasteiger partial charge < -0.3 is 92.5 Å². The fourth-order valence-electron chi connectivity index (χ4n) is 5.87. The maximum absolute atomic E-state index is 13.3. The molecule has 2 aliphatic rings. The molecule has 15 atom stereocenters. The van der Waals surface area contributed by atoms with Gasteiger partial charge in [0, 0.05) is 13.3 Å². The molecule has 0 saturated carbocycles. The minimum absolute atomic E-state index is 0.0446. The van der Waals surface area contributed by atoms with Crippen LogP contribution in [0.25, 0.3) is 0 Å². The maximum Gasteiger partial charge on any atom is 0.326 e. The van der Waals surface area contributed by atoms with Crippen molar-refractivity contribution in [3.8, 4) is 0 Å². The number of amides is 4. The summed E-state index contributed by atoms with van der Waals surface area (Å²) in [6.07, 6.45) is -15.4. The van der Waals surface area contributed by atoms with Crippen LogP contribution >= 0.6 is 0 Å². The van der Waals surface area contributed by atoms with Crippen LogP contribution in [0.15, 0.2) is 0 Å². The second-order valence-electron chi connectivity index (χ2n) is 13.6. The van der Waals surface area contributed by atoms with Gasteiger partial charge in [0.15, 0.2) is 12.6 Å². The largest absolute Gasteiger partial charge is 0.480 e. The number of rotatable bonds is 22. The third kappa shape index (κ3) is 14.3. The van der Waals surface area contributed by atoms with E-state index >= 15 is 0 Å². The molecule has 57 heavy (non-hydrogen) atoms. The lowest BCUT2D eigenvalue weighted by molar-refractivity contribution is -0.331. The van der Waals surface area contributed by atoms with Crippen molar-refractivity contribution in [3.63, 3.8) is 0 Å². The zero-order chi connectivity index (χ0) is 43.3. The van der Waals surface area contributed by atoms with E-state index in [4.69, 9.17) is 35.5 Å². The van der Waals surface area contributed by atoms with Crippen molar-refractivity contribution in [2.75, 3.05) is 13.2 Å². The van der Waals surface area contributed by atoms with Crippen molar-refractivity contribution in [1.82, 2.24) is 21.3 Å². The van der Waals surface area contributed by atoms with Crippen LogP contribution in [-0.2, 0) is 52.5 Å². The third-order valence-electron chi connectivity index (χ3n) is 9.15. The van der Waals surface area contributed by atoms with Gasteiger partial charge in [0.2, 0.25) is 23.6 Å². The van der Waals surface area contributed by atoms with Crippen LogP contribution in [0.2, 0.25) is 0 Å². The van der Waals surface area contributed by atoms with Crippen molar-refractivity contribution in [2.24, 2.45) is 11.5 Å². The topological polar surface area (TPSA) is 418 Å². The number of carboxylic acids is 3. The molecule has 0 bridgehead atoms. The molecule has 25 nitrogen and oxygen atoms in total. The zero-order valence-corrected chi connectivity index (χ0v) is 31.3. The van der Waals surface area contributed by atoms with Gasteiger partial charge in [-0.25, -0.2) is 9.59 Å². The van der Waals surface area contributed by atoms with Gasteiger partial charge in [-0.1, -0.05) is 0 Å². The highest BCUT2D eigenvalue weighted by Gasteiger charge is 2.52. The molecule has 2 fully saturated rings. The SMILES string of the molecule is CC(=O)NC1C(O)OC(CO)C(OC2OC(CO)C(O)C(O)C2N)C1OC(C)C(=O)NC(C)C(=O)NC(CCC(=O)NC(CCCC(N)C(=O)O)C(=O)O)C(=O)O. The highest BCUT2D eigenvalue weighted by atomic mass is 16.7. The molecule has 0 aliphatic carbocycles. The van der Waals surface area contributed by atoms with Crippen molar-refractivity contribution < 1.29 is 93.4 Å². The van der Waals surface area contributed by atoms with E-state index in [-0.39, 0.29) is 19.3 Å². The van der Waals surface area contributed by atoms with Crippen LogP contribution in [0.3, 0.4) is 0 Å². The molecule has 15 unspecified atom stereocenters. The Morgan fingerprint density at radius 2 is 1.35 bits per heavy atom. The van der Waals surface area contributed by atoms with Gasteiger partial charge >= 0.3 is 17.9 Å². The number of aliphatic hydroxyl groups excluding tert-OH is 5. The number of carbonyl (C=O) groups is 7. The molecule has 25 heteroatoms. The Morgan fingerprint density at radius 1 is 0.754 bits per heavy atom.